The SMILES string of the molecule is CN(CCCn1c(=O)oc2cc(CCNC[C@@H](O[Si](C)(C)C(C)(C)C)c3ccc(O)c4[nH]c(=O)ccc34)ccc21)C1CCC(OC(=O)C(O)(c2cccs2)c2cccs2)CC1. The summed E-state index contributed by atoms with van der Waals surface area (Å²) in [4.78, 5) is 44.8. The second-order valence-electron chi connectivity index (χ2n) is 17.8. The Morgan fingerprint density at radius 3 is 2.38 bits per heavy atom. The number of nitrogens with zero attached hydrogens (tertiary/aromatic N) is 2. The summed E-state index contributed by atoms with van der Waals surface area (Å²) in [6, 6.07) is 20.2. The van der Waals surface area contributed by atoms with Crippen molar-refractivity contribution in [3.05, 3.63) is 119 Å². The molecule has 4 heterocycles. The molecule has 4 N–H and O–H groups in total. The number of carbonyl (C=O) groups is 1. The molecule has 1 aliphatic rings. The zero-order valence-electron chi connectivity index (χ0n) is 35.9. The Morgan fingerprint density at radius 2 is 1.72 bits per heavy atom. The van der Waals surface area contributed by atoms with Gasteiger partial charge in [0.1, 0.15) is 11.9 Å². The van der Waals surface area contributed by atoms with Crippen molar-refractivity contribution in [2.24, 2.45) is 0 Å². The van der Waals surface area contributed by atoms with Gasteiger partial charge in [-0.3, -0.25) is 9.36 Å². The maximum absolute atomic E-state index is 13.5. The highest BCUT2D eigenvalue weighted by Gasteiger charge is 2.45. The van der Waals surface area contributed by atoms with Gasteiger partial charge in [-0.2, -0.15) is 0 Å². The number of hydrogen-bond acceptors (Lipinski definition) is 12. The van der Waals surface area contributed by atoms with Crippen LogP contribution in [0.5, 0.6) is 5.75 Å². The normalized spacial score (nSPS) is 17.0. The van der Waals surface area contributed by atoms with Gasteiger partial charge in [0.25, 0.3) is 0 Å². The Balaban J connectivity index is 0.906. The smallest absolute Gasteiger partial charge is 0.419 e. The van der Waals surface area contributed by atoms with Gasteiger partial charge in [0.15, 0.2) is 13.9 Å². The molecule has 0 unspecified atom stereocenters. The van der Waals surface area contributed by atoms with Crippen molar-refractivity contribution >= 4 is 59.0 Å². The highest BCUT2D eigenvalue weighted by molar-refractivity contribution is 7.12. The molecule has 6 aromatic rings. The lowest BCUT2D eigenvalue weighted by atomic mass is 9.91. The van der Waals surface area contributed by atoms with E-state index in [1.165, 1.54) is 28.7 Å². The molecule has 1 fully saturated rings. The van der Waals surface area contributed by atoms with Gasteiger partial charge < -0.3 is 39.0 Å². The van der Waals surface area contributed by atoms with Crippen molar-refractivity contribution in [2.45, 2.75) is 108 Å². The fourth-order valence-corrected chi connectivity index (χ4v) is 11.0. The number of fused-ring (bicyclic) bond motifs is 2. The highest BCUT2D eigenvalue weighted by Crippen LogP contribution is 2.42. The number of hydrogen-bond donors (Lipinski definition) is 4. The molecule has 1 atom stereocenters. The Bertz CT molecular complexity index is 2500. The second-order valence-corrected chi connectivity index (χ2v) is 24.4. The van der Waals surface area contributed by atoms with Crippen LogP contribution in [0.1, 0.15) is 79.9 Å². The van der Waals surface area contributed by atoms with Crippen LogP contribution in [-0.2, 0) is 32.5 Å². The lowest BCUT2D eigenvalue weighted by Crippen LogP contribution is -2.43. The van der Waals surface area contributed by atoms with Gasteiger partial charge in [-0.15, -0.1) is 22.7 Å². The summed E-state index contributed by atoms with van der Waals surface area (Å²) in [7, 11) is -0.109. The maximum Gasteiger partial charge on any atom is 0.419 e. The Labute approximate surface area is 365 Å². The maximum atomic E-state index is 13.5. The molecular formula is C46H58N4O8S2Si. The summed E-state index contributed by atoms with van der Waals surface area (Å²) in [6.07, 6.45) is 4.10. The van der Waals surface area contributed by atoms with Crippen LogP contribution in [0.3, 0.4) is 0 Å². The summed E-state index contributed by atoms with van der Waals surface area (Å²) in [6.45, 7) is 13.6. The number of pyridine rings is 1. The second kappa shape index (κ2) is 18.6. The number of phenolic OH excluding ortho intramolecular Hbond substituents is 1. The van der Waals surface area contributed by atoms with Gasteiger partial charge in [0.05, 0.1) is 26.9 Å². The fraction of sp³-hybridized carbons (Fsp3) is 0.457. The van der Waals surface area contributed by atoms with E-state index in [9.17, 15) is 24.6 Å². The first-order valence-corrected chi connectivity index (χ1v) is 25.8. The summed E-state index contributed by atoms with van der Waals surface area (Å²) in [5.74, 6) is -0.965. The van der Waals surface area contributed by atoms with Gasteiger partial charge >= 0.3 is 11.7 Å². The van der Waals surface area contributed by atoms with Crippen LogP contribution in [0, 0.1) is 0 Å². The average Bonchev–Trinajstić information content (AvgIpc) is 4.02. The standard InChI is InChI=1S/C46H58N4O8S2Si/c1-45(2,3)61(5,6)58-38(33-17-20-36(51)42-34(33)18-21-41(52)48-42)29-47-23-22-30-12-19-35-37(28-30)57-44(54)50(35)25-9-24-49(4)31-13-15-32(16-14-31)56-43(53)46(55,39-10-7-26-59-39)40-11-8-27-60-40/h7-8,10-12,17-21,26-28,31-32,38,47,51,55H,9,13-16,22-25,29H2,1-6H3,(H,48,52)/t31?,32?,38-/m1/s1. The molecule has 4 aromatic heterocycles. The third-order valence-corrected chi connectivity index (χ3v) is 19.1. The lowest BCUT2D eigenvalue weighted by Gasteiger charge is -2.39. The van der Waals surface area contributed by atoms with Crippen LogP contribution in [0.4, 0.5) is 0 Å². The zero-order valence-corrected chi connectivity index (χ0v) is 38.5. The van der Waals surface area contributed by atoms with Crippen LogP contribution in [0.15, 0.2) is 91.5 Å². The molecule has 1 aliphatic carbocycles. The molecule has 0 radical (unpaired) electrons. The molecule has 0 saturated heterocycles. The van der Waals surface area contributed by atoms with Crippen molar-refractivity contribution in [1.29, 1.82) is 0 Å². The predicted molar refractivity (Wildman–Crippen MR) is 245 cm³/mol. The fourth-order valence-electron chi connectivity index (χ4n) is 8.02. The molecule has 0 amide bonds. The molecule has 61 heavy (non-hydrogen) atoms. The number of H-pyrrole nitrogens is 1. The van der Waals surface area contributed by atoms with Crippen molar-refractivity contribution in [3.63, 3.8) is 0 Å². The number of carbonyl (C=O) groups excluding carboxylic acids is 1. The van der Waals surface area contributed by atoms with Crippen molar-refractivity contribution in [2.75, 3.05) is 26.7 Å². The molecule has 1 saturated carbocycles. The number of aromatic amines is 1. The highest BCUT2D eigenvalue weighted by atomic mass is 32.1. The molecule has 0 bridgehead atoms. The third kappa shape index (κ3) is 9.83. The zero-order chi connectivity index (χ0) is 43.5. The van der Waals surface area contributed by atoms with Gasteiger partial charge in [-0.05, 0) is 135 Å². The number of esters is 1. The number of aryl methyl sites for hydroxylation is 1. The van der Waals surface area contributed by atoms with Crippen LogP contribution in [0.2, 0.25) is 18.1 Å². The summed E-state index contributed by atoms with van der Waals surface area (Å²) in [5.41, 5.74) is 1.61. The van der Waals surface area contributed by atoms with E-state index in [2.05, 4.69) is 56.1 Å². The van der Waals surface area contributed by atoms with Gasteiger partial charge in [-0.25, -0.2) is 9.59 Å². The van der Waals surface area contributed by atoms with Gasteiger partial charge in [-0.1, -0.05) is 45.0 Å². The van der Waals surface area contributed by atoms with E-state index < -0.39 is 19.9 Å². The van der Waals surface area contributed by atoms with Crippen molar-refractivity contribution in [3.8, 4) is 5.75 Å². The minimum Gasteiger partial charge on any atom is -0.506 e. The van der Waals surface area contributed by atoms with E-state index in [4.69, 9.17) is 13.6 Å². The van der Waals surface area contributed by atoms with Crippen LogP contribution in [-0.4, -0.2) is 77.8 Å². The quantitative estimate of drug-likeness (QED) is 0.0399. The summed E-state index contributed by atoms with van der Waals surface area (Å²) in [5, 5.41) is 30.2. The number of thiophene rings is 2. The molecule has 7 rings (SSSR count). The topological polar surface area (TPSA) is 159 Å². The Kier molecular flexibility index (Phi) is 13.6. The van der Waals surface area contributed by atoms with E-state index in [-0.39, 0.29) is 34.3 Å². The Morgan fingerprint density at radius 1 is 1.02 bits per heavy atom. The summed E-state index contributed by atoms with van der Waals surface area (Å²) < 4.78 is 20.3. The number of benzene rings is 2. The molecule has 326 valence electrons. The number of rotatable bonds is 17. The summed E-state index contributed by atoms with van der Waals surface area (Å²) >= 11 is 2.68. The van der Waals surface area contributed by atoms with E-state index in [1.807, 2.05) is 47.2 Å². The number of phenols is 1. The largest absolute Gasteiger partial charge is 0.506 e. The van der Waals surface area contributed by atoms with E-state index in [0.29, 0.717) is 53.0 Å². The monoisotopic (exact) mass is 886 g/mol. The first kappa shape index (κ1) is 44.7. The van der Waals surface area contributed by atoms with Crippen LogP contribution < -0.4 is 16.6 Å². The van der Waals surface area contributed by atoms with E-state index >= 15 is 0 Å². The van der Waals surface area contributed by atoms with Gasteiger partial charge in [0, 0.05) is 30.6 Å². The Hall–Kier alpha value is -4.35. The number of ether oxygens (including phenoxy) is 1. The molecule has 0 aliphatic heterocycles. The number of aliphatic hydroxyl groups is 1. The minimum atomic E-state index is -2.22. The number of nitrogens with one attached hydrogen (secondary N) is 2. The predicted octanol–water partition coefficient (Wildman–Crippen LogP) is 8.27. The van der Waals surface area contributed by atoms with Crippen molar-refractivity contribution < 1.29 is 28.6 Å². The molecule has 2 aromatic carbocycles. The molecular weight excluding hydrogens is 829 g/mol. The molecule has 12 nitrogen and oxygen atoms in total. The van der Waals surface area contributed by atoms with Crippen LogP contribution in [0.25, 0.3) is 22.0 Å². The van der Waals surface area contributed by atoms with Crippen LogP contribution >= 0.6 is 22.7 Å². The number of aromatic hydroxyl groups is 1. The minimum absolute atomic E-state index is 0.0195. The number of aromatic nitrogens is 2. The number of oxazole rings is 1. The first-order chi connectivity index (χ1) is 29.0. The van der Waals surface area contributed by atoms with Gasteiger partial charge in [0.2, 0.25) is 11.2 Å². The average molecular weight is 887 g/mol. The first-order valence-electron chi connectivity index (χ1n) is 21.1. The van der Waals surface area contributed by atoms with E-state index in [1.54, 1.807) is 28.8 Å². The third-order valence-electron chi connectivity index (χ3n) is 12.6. The van der Waals surface area contributed by atoms with E-state index in [0.717, 1.165) is 60.7 Å². The molecule has 0 spiro atoms. The van der Waals surface area contributed by atoms with Crippen molar-refractivity contribution in [1.82, 2.24) is 19.8 Å². The molecule has 15 heteroatoms. The lowest BCUT2D eigenvalue weighted by molar-refractivity contribution is -0.169.